The minimum atomic E-state index is 0.290. The molecule has 142 valence electrons. The maximum Gasteiger partial charge on any atom is 0.191 e. The number of fused-ring (bicyclic) bond motifs is 1. The molecule has 0 fully saturated rings. The van der Waals surface area contributed by atoms with Gasteiger partial charge in [0.25, 0.3) is 0 Å². The van der Waals surface area contributed by atoms with Crippen LogP contribution >= 0.6 is 0 Å². The van der Waals surface area contributed by atoms with Gasteiger partial charge in [-0.1, -0.05) is 48.5 Å². The first-order chi connectivity index (χ1) is 13.2. The fourth-order valence-electron chi connectivity index (χ4n) is 3.34. The average Bonchev–Trinajstić information content (AvgIpc) is 3.10. The van der Waals surface area contributed by atoms with Crippen molar-refractivity contribution < 1.29 is 0 Å². The van der Waals surface area contributed by atoms with Gasteiger partial charge < -0.3 is 20.5 Å². The van der Waals surface area contributed by atoms with Gasteiger partial charge in [-0.2, -0.15) is 0 Å². The van der Waals surface area contributed by atoms with Crippen LogP contribution in [0.3, 0.4) is 0 Å². The second kappa shape index (κ2) is 9.24. The third-order valence-electron chi connectivity index (χ3n) is 4.86. The minimum Gasteiger partial charge on any atom is -0.361 e. The number of H-pyrrole nitrogens is 1. The Morgan fingerprint density at radius 2 is 1.78 bits per heavy atom. The zero-order valence-electron chi connectivity index (χ0n) is 16.4. The molecule has 0 spiro atoms. The Morgan fingerprint density at radius 1 is 1.04 bits per heavy atom. The molecule has 1 heterocycles. The largest absolute Gasteiger partial charge is 0.361 e. The van der Waals surface area contributed by atoms with Crippen LogP contribution in [0, 0.1) is 0 Å². The van der Waals surface area contributed by atoms with Crippen LogP contribution in [-0.4, -0.2) is 50.1 Å². The number of para-hydroxylation sites is 1. The Morgan fingerprint density at radius 3 is 2.52 bits per heavy atom. The number of guanidine groups is 1. The number of aliphatic imine (C=N–C) groups is 1. The van der Waals surface area contributed by atoms with E-state index in [2.05, 4.69) is 100 Å². The number of likely N-dealkylation sites (N-methyl/N-ethyl adjacent to an activating group) is 1. The molecule has 0 bridgehead atoms. The summed E-state index contributed by atoms with van der Waals surface area (Å²) in [6.07, 6.45) is 3.04. The summed E-state index contributed by atoms with van der Waals surface area (Å²) in [4.78, 5) is 9.92. The quantitative estimate of drug-likeness (QED) is 0.446. The molecule has 2 aromatic carbocycles. The maximum atomic E-state index is 4.36. The summed E-state index contributed by atoms with van der Waals surface area (Å²) < 4.78 is 0. The maximum absolute atomic E-state index is 4.36. The number of nitrogens with one attached hydrogen (secondary N) is 3. The molecular weight excluding hydrogens is 334 g/mol. The number of benzene rings is 2. The second-order valence-corrected chi connectivity index (χ2v) is 6.88. The molecule has 0 saturated carbocycles. The van der Waals surface area contributed by atoms with E-state index >= 15 is 0 Å². The fourth-order valence-corrected chi connectivity index (χ4v) is 3.34. The minimum absolute atomic E-state index is 0.290. The van der Waals surface area contributed by atoms with Crippen molar-refractivity contribution in [2.24, 2.45) is 4.99 Å². The van der Waals surface area contributed by atoms with Gasteiger partial charge in [0, 0.05) is 37.2 Å². The van der Waals surface area contributed by atoms with Gasteiger partial charge >= 0.3 is 0 Å². The SMILES string of the molecule is CN=C(NCCc1c[nH]c2ccccc12)NCC(c1ccccc1)N(C)C. The Hall–Kier alpha value is -2.79. The van der Waals surface area contributed by atoms with Crippen LogP contribution in [0.4, 0.5) is 0 Å². The highest BCUT2D eigenvalue weighted by molar-refractivity contribution is 5.83. The standard InChI is InChI=1S/C22H29N5/c1-23-22(26-16-21(27(2)3)17-9-5-4-6-10-17)24-14-13-18-15-25-20-12-8-7-11-19(18)20/h4-12,15,21,25H,13-14,16H2,1-3H3,(H2,23,24,26). The monoisotopic (exact) mass is 363 g/mol. The number of hydrogen-bond donors (Lipinski definition) is 3. The molecule has 3 rings (SSSR count). The van der Waals surface area contributed by atoms with Crippen molar-refractivity contribution >= 4 is 16.9 Å². The van der Waals surface area contributed by atoms with Gasteiger partial charge in [-0.15, -0.1) is 0 Å². The lowest BCUT2D eigenvalue weighted by molar-refractivity contribution is 0.298. The van der Waals surface area contributed by atoms with E-state index in [0.29, 0.717) is 6.04 Å². The summed E-state index contributed by atoms with van der Waals surface area (Å²) in [5.74, 6) is 0.831. The predicted octanol–water partition coefficient (Wildman–Crippen LogP) is 3.18. The molecular formula is C22H29N5. The molecule has 1 unspecified atom stereocenters. The Kier molecular flexibility index (Phi) is 6.49. The van der Waals surface area contributed by atoms with Gasteiger partial charge in [0.05, 0.1) is 6.04 Å². The van der Waals surface area contributed by atoms with E-state index < -0.39 is 0 Å². The highest BCUT2D eigenvalue weighted by Crippen LogP contribution is 2.18. The molecule has 5 nitrogen and oxygen atoms in total. The van der Waals surface area contributed by atoms with E-state index in [-0.39, 0.29) is 0 Å². The van der Waals surface area contributed by atoms with Crippen molar-refractivity contribution in [3.63, 3.8) is 0 Å². The van der Waals surface area contributed by atoms with Crippen molar-refractivity contribution in [2.75, 3.05) is 34.2 Å². The lowest BCUT2D eigenvalue weighted by Gasteiger charge is -2.26. The lowest BCUT2D eigenvalue weighted by atomic mass is 10.1. The Balaban J connectivity index is 1.53. The summed E-state index contributed by atoms with van der Waals surface area (Å²) in [5, 5.41) is 8.17. The molecule has 0 saturated heterocycles. The van der Waals surface area contributed by atoms with Crippen LogP contribution in [0.2, 0.25) is 0 Å². The molecule has 0 aliphatic heterocycles. The first-order valence-corrected chi connectivity index (χ1v) is 9.40. The fraction of sp³-hybridized carbons (Fsp3) is 0.318. The second-order valence-electron chi connectivity index (χ2n) is 6.88. The first kappa shape index (κ1) is 19.0. The zero-order chi connectivity index (χ0) is 19.1. The number of aromatic nitrogens is 1. The zero-order valence-corrected chi connectivity index (χ0v) is 16.4. The molecule has 0 amide bonds. The van der Waals surface area contributed by atoms with E-state index in [1.54, 1.807) is 0 Å². The molecule has 1 aromatic heterocycles. The third-order valence-corrected chi connectivity index (χ3v) is 4.86. The van der Waals surface area contributed by atoms with E-state index in [9.17, 15) is 0 Å². The molecule has 3 aromatic rings. The molecule has 27 heavy (non-hydrogen) atoms. The summed E-state index contributed by atoms with van der Waals surface area (Å²) >= 11 is 0. The molecule has 3 N–H and O–H groups in total. The van der Waals surface area contributed by atoms with Gasteiger partial charge in [-0.05, 0) is 37.7 Å². The van der Waals surface area contributed by atoms with Crippen LogP contribution in [-0.2, 0) is 6.42 Å². The summed E-state index contributed by atoms with van der Waals surface area (Å²) in [5.41, 5.74) is 3.81. The topological polar surface area (TPSA) is 55.5 Å². The summed E-state index contributed by atoms with van der Waals surface area (Å²) in [7, 11) is 6.02. The average molecular weight is 364 g/mol. The van der Waals surface area contributed by atoms with E-state index in [1.165, 1.54) is 22.0 Å². The number of rotatable bonds is 7. The van der Waals surface area contributed by atoms with Gasteiger partial charge in [0.1, 0.15) is 0 Å². The van der Waals surface area contributed by atoms with Crippen molar-refractivity contribution in [3.05, 3.63) is 71.9 Å². The third kappa shape index (κ3) is 4.89. The first-order valence-electron chi connectivity index (χ1n) is 9.40. The highest BCUT2D eigenvalue weighted by Gasteiger charge is 2.14. The molecule has 0 aliphatic rings. The number of hydrogen-bond acceptors (Lipinski definition) is 2. The van der Waals surface area contributed by atoms with Crippen LogP contribution in [0.5, 0.6) is 0 Å². The van der Waals surface area contributed by atoms with Crippen molar-refractivity contribution in [3.8, 4) is 0 Å². The smallest absolute Gasteiger partial charge is 0.191 e. The van der Waals surface area contributed by atoms with Crippen LogP contribution in [0.15, 0.2) is 65.8 Å². The summed E-state index contributed by atoms with van der Waals surface area (Å²) in [6, 6.07) is 19.2. The van der Waals surface area contributed by atoms with E-state index in [0.717, 1.165) is 25.5 Å². The van der Waals surface area contributed by atoms with E-state index in [1.807, 2.05) is 7.05 Å². The lowest BCUT2D eigenvalue weighted by Crippen LogP contribution is -2.42. The molecule has 5 heteroatoms. The van der Waals surface area contributed by atoms with E-state index in [4.69, 9.17) is 0 Å². The van der Waals surface area contributed by atoms with Crippen LogP contribution in [0.25, 0.3) is 10.9 Å². The predicted molar refractivity (Wildman–Crippen MR) is 114 cm³/mol. The van der Waals surface area contributed by atoms with Gasteiger partial charge in [-0.25, -0.2) is 0 Å². The highest BCUT2D eigenvalue weighted by atomic mass is 15.2. The van der Waals surface area contributed by atoms with Crippen LogP contribution in [0.1, 0.15) is 17.2 Å². The van der Waals surface area contributed by atoms with Crippen molar-refractivity contribution in [1.29, 1.82) is 0 Å². The molecule has 0 radical (unpaired) electrons. The van der Waals surface area contributed by atoms with Crippen molar-refractivity contribution in [1.82, 2.24) is 20.5 Å². The van der Waals surface area contributed by atoms with Crippen LogP contribution < -0.4 is 10.6 Å². The van der Waals surface area contributed by atoms with Gasteiger partial charge in [0.15, 0.2) is 5.96 Å². The Labute approximate surface area is 161 Å². The Bertz CT molecular complexity index is 867. The number of aromatic amines is 1. The van der Waals surface area contributed by atoms with Crippen molar-refractivity contribution in [2.45, 2.75) is 12.5 Å². The van der Waals surface area contributed by atoms with Gasteiger partial charge in [-0.3, -0.25) is 4.99 Å². The number of nitrogens with zero attached hydrogens (tertiary/aromatic N) is 2. The summed E-state index contributed by atoms with van der Waals surface area (Å²) in [6.45, 7) is 1.63. The van der Waals surface area contributed by atoms with Gasteiger partial charge in [0.2, 0.25) is 0 Å². The molecule has 0 aliphatic carbocycles. The molecule has 1 atom stereocenters. The normalized spacial score (nSPS) is 13.1.